The van der Waals surface area contributed by atoms with Crippen molar-refractivity contribution in [2.45, 2.75) is 0 Å². The van der Waals surface area contributed by atoms with Crippen LogP contribution in [0.5, 0.6) is 0 Å². The van der Waals surface area contributed by atoms with Crippen molar-refractivity contribution in [3.05, 3.63) is 11.9 Å². The highest BCUT2D eigenvalue weighted by Crippen LogP contribution is 2.23. The van der Waals surface area contributed by atoms with Gasteiger partial charge in [0.25, 0.3) is 0 Å². The first kappa shape index (κ1) is 4.46. The van der Waals surface area contributed by atoms with Gasteiger partial charge in [-0.15, -0.1) is 0 Å². The summed E-state index contributed by atoms with van der Waals surface area (Å²) >= 11 is 0. The highest BCUT2D eigenvalue weighted by atomic mass is 31.1. The normalized spacial score (nSPS) is 25.3. The molecule has 1 unspecified atom stereocenters. The highest BCUT2D eigenvalue weighted by Gasteiger charge is 1.77. The van der Waals surface area contributed by atoms with E-state index >= 15 is 0 Å². The average molecular weight is 118 g/mol. The van der Waals surface area contributed by atoms with E-state index in [1.807, 2.05) is 17.7 Å². The van der Waals surface area contributed by atoms with Crippen LogP contribution in [0.3, 0.4) is 0 Å². The van der Waals surface area contributed by atoms with E-state index < -0.39 is 0 Å². The van der Waals surface area contributed by atoms with Crippen molar-refractivity contribution in [1.82, 2.24) is 0 Å². The fourth-order valence-electron chi connectivity index (χ4n) is 0.209. The van der Waals surface area contributed by atoms with Crippen molar-refractivity contribution >= 4 is 23.0 Å². The molecule has 1 atom stereocenters. The highest BCUT2D eigenvalue weighted by molar-refractivity contribution is 7.49. The lowest BCUT2D eigenvalue weighted by molar-refractivity contribution is 0.746. The van der Waals surface area contributed by atoms with Gasteiger partial charge in [-0.25, -0.2) is 0 Å². The summed E-state index contributed by atoms with van der Waals surface area (Å²) in [5.74, 6) is 3.98. The number of allylic oxidation sites excluding steroid dienone is 1. The molecule has 0 bridgehead atoms. The minimum Gasteiger partial charge on any atom is -0.304 e. The van der Waals surface area contributed by atoms with Crippen molar-refractivity contribution in [2.24, 2.45) is 0 Å². The van der Waals surface area contributed by atoms with E-state index in [1.165, 1.54) is 0 Å². The van der Waals surface area contributed by atoms with Crippen LogP contribution in [0.15, 0.2) is 11.9 Å². The van der Waals surface area contributed by atoms with Crippen LogP contribution in [0.4, 0.5) is 0 Å². The van der Waals surface area contributed by atoms with Gasteiger partial charge in [0.05, 0.1) is 17.2 Å². The third-order valence-electron chi connectivity index (χ3n) is 0.417. The summed E-state index contributed by atoms with van der Waals surface area (Å²) in [7, 11) is 1.58. The van der Waals surface area contributed by atoms with Crippen LogP contribution >= 0.6 is 17.2 Å². The summed E-state index contributed by atoms with van der Waals surface area (Å²) in [4.78, 5) is 0. The smallest absolute Gasteiger partial charge is 0.0606 e. The van der Waals surface area contributed by atoms with Crippen molar-refractivity contribution in [1.29, 1.82) is 0 Å². The first-order valence-corrected chi connectivity index (χ1v) is 3.47. The van der Waals surface area contributed by atoms with Gasteiger partial charge in [-0.3, -0.25) is 0 Å². The molecule has 0 aromatic heterocycles. The molecule has 0 amide bonds. The zero-order valence-electron chi connectivity index (χ0n) is 3.09. The standard InChI is InChI=1S/C3H4OP2/c1-2-5-4-6-3-1/h1-3,5H. The predicted molar refractivity (Wildman–Crippen MR) is 31.5 cm³/mol. The number of hydrogen-bond donors (Lipinski definition) is 0. The fourth-order valence-corrected chi connectivity index (χ4v) is 1.43. The second-order valence-electron chi connectivity index (χ2n) is 0.823. The molecule has 32 valence electrons. The van der Waals surface area contributed by atoms with E-state index in [-0.39, 0.29) is 0 Å². The molecule has 3 heteroatoms. The fraction of sp³-hybridized carbons (Fsp3) is 0. The monoisotopic (exact) mass is 118 g/mol. The molecule has 0 aromatic carbocycles. The maximum atomic E-state index is 4.93. The van der Waals surface area contributed by atoms with Crippen molar-refractivity contribution in [3.63, 3.8) is 0 Å². The molecular weight excluding hydrogens is 114 g/mol. The molecule has 6 heavy (non-hydrogen) atoms. The second kappa shape index (κ2) is 2.47. The van der Waals surface area contributed by atoms with E-state index in [9.17, 15) is 0 Å². The van der Waals surface area contributed by atoms with Gasteiger partial charge in [-0.05, 0) is 11.6 Å². The maximum Gasteiger partial charge on any atom is 0.0606 e. The first-order valence-electron chi connectivity index (χ1n) is 1.60. The molecule has 1 nitrogen and oxygen atoms in total. The Morgan fingerprint density at radius 2 is 2.67 bits per heavy atom. The summed E-state index contributed by atoms with van der Waals surface area (Å²) in [6, 6.07) is 0. The first-order chi connectivity index (χ1) is 3.00. The van der Waals surface area contributed by atoms with E-state index in [0.29, 0.717) is 8.81 Å². The second-order valence-corrected chi connectivity index (χ2v) is 2.63. The molecular formula is C3H4OP2. The lowest BCUT2D eigenvalue weighted by Gasteiger charge is -1.89. The zero-order chi connectivity index (χ0) is 4.24. The summed E-state index contributed by atoms with van der Waals surface area (Å²) < 4.78 is 4.93. The quantitative estimate of drug-likeness (QED) is 0.440. The van der Waals surface area contributed by atoms with Crippen LogP contribution in [-0.4, -0.2) is 5.80 Å². The Morgan fingerprint density at radius 1 is 1.67 bits per heavy atom. The predicted octanol–water partition coefficient (Wildman–Crippen LogP) is 1.79. The molecule has 1 aliphatic heterocycles. The van der Waals surface area contributed by atoms with Crippen molar-refractivity contribution < 1.29 is 4.31 Å². The summed E-state index contributed by atoms with van der Waals surface area (Å²) in [5, 5.41) is 0. The Labute approximate surface area is 40.1 Å². The molecule has 1 heterocycles. The Kier molecular flexibility index (Phi) is 1.83. The van der Waals surface area contributed by atoms with Gasteiger partial charge in [-0.2, -0.15) is 0 Å². The van der Waals surface area contributed by atoms with Crippen molar-refractivity contribution in [3.8, 4) is 0 Å². The summed E-state index contributed by atoms with van der Waals surface area (Å²) in [6.07, 6.45) is 2.02. The van der Waals surface area contributed by atoms with Gasteiger partial charge in [0, 0.05) is 0 Å². The van der Waals surface area contributed by atoms with Gasteiger partial charge in [-0.1, -0.05) is 6.08 Å². The molecule has 0 spiro atoms. The largest absolute Gasteiger partial charge is 0.304 e. The SMILES string of the molecule is C1=CPOP=C1. The van der Waals surface area contributed by atoms with Crippen LogP contribution in [0.25, 0.3) is 0 Å². The molecule has 0 fully saturated rings. The Morgan fingerprint density at radius 3 is 2.83 bits per heavy atom. The molecule has 0 aliphatic carbocycles. The molecule has 1 rings (SSSR count). The van der Waals surface area contributed by atoms with Gasteiger partial charge < -0.3 is 4.31 Å². The third-order valence-corrected chi connectivity index (χ3v) is 1.88. The van der Waals surface area contributed by atoms with Gasteiger partial charge in [0.2, 0.25) is 0 Å². The minimum atomic E-state index is 0.578. The zero-order valence-corrected chi connectivity index (χ0v) is 4.98. The van der Waals surface area contributed by atoms with Gasteiger partial charge in [0.15, 0.2) is 0 Å². The van der Waals surface area contributed by atoms with Crippen LogP contribution in [-0.2, 0) is 4.31 Å². The Bertz CT molecular complexity index is 74.8. The van der Waals surface area contributed by atoms with Gasteiger partial charge in [0.1, 0.15) is 0 Å². The summed E-state index contributed by atoms with van der Waals surface area (Å²) in [5.41, 5.74) is 0. The minimum absolute atomic E-state index is 0.578. The van der Waals surface area contributed by atoms with E-state index in [4.69, 9.17) is 4.31 Å². The molecule has 0 aromatic rings. The molecule has 0 N–H and O–H groups in total. The van der Waals surface area contributed by atoms with Crippen LogP contribution in [0.1, 0.15) is 0 Å². The third kappa shape index (κ3) is 1.18. The lowest BCUT2D eigenvalue weighted by atomic mass is 10.8. The topological polar surface area (TPSA) is 9.23 Å². The van der Waals surface area contributed by atoms with Crippen LogP contribution in [0.2, 0.25) is 0 Å². The molecule has 0 saturated heterocycles. The molecule has 0 radical (unpaired) electrons. The van der Waals surface area contributed by atoms with Crippen LogP contribution < -0.4 is 0 Å². The lowest BCUT2D eigenvalue weighted by Crippen LogP contribution is -1.58. The van der Waals surface area contributed by atoms with Gasteiger partial charge >= 0.3 is 0 Å². The Balaban J connectivity index is 2.46. The average Bonchev–Trinajstić information content (AvgIpc) is 1.72. The molecule has 0 saturated carbocycles. The Hall–Kier alpha value is 0.300. The summed E-state index contributed by atoms with van der Waals surface area (Å²) in [6.45, 7) is 0. The van der Waals surface area contributed by atoms with E-state index in [0.717, 1.165) is 8.43 Å². The number of hydrogen-bond acceptors (Lipinski definition) is 1. The number of rotatable bonds is 0. The van der Waals surface area contributed by atoms with Crippen LogP contribution in [0, 0.1) is 0 Å². The molecule has 1 aliphatic rings. The van der Waals surface area contributed by atoms with E-state index in [1.54, 1.807) is 0 Å². The van der Waals surface area contributed by atoms with Crippen molar-refractivity contribution in [2.75, 3.05) is 0 Å². The van der Waals surface area contributed by atoms with E-state index in [2.05, 4.69) is 0 Å². The maximum absolute atomic E-state index is 4.93.